The number of nitrogens with zero attached hydrogens (tertiary/aromatic N) is 3. The zero-order chi connectivity index (χ0) is 14.0. The molecule has 0 saturated carbocycles. The molecule has 1 atom stereocenters. The number of anilines is 1. The van der Waals surface area contributed by atoms with Crippen LogP contribution in [0, 0.1) is 0 Å². The van der Waals surface area contributed by atoms with Crippen molar-refractivity contribution in [1.82, 2.24) is 9.97 Å². The van der Waals surface area contributed by atoms with Crippen LogP contribution in [0.15, 0.2) is 11.2 Å². The van der Waals surface area contributed by atoms with Crippen LogP contribution in [0.1, 0.15) is 13.8 Å². The lowest BCUT2D eigenvalue weighted by atomic mass is 10.1. The van der Waals surface area contributed by atoms with Gasteiger partial charge in [-0.25, -0.2) is 9.97 Å². The molecule has 1 aliphatic rings. The summed E-state index contributed by atoms with van der Waals surface area (Å²) in [6, 6.07) is 1.75. The summed E-state index contributed by atoms with van der Waals surface area (Å²) in [6.07, 6.45) is 1.70. The number of aliphatic hydroxyl groups is 1. The van der Waals surface area contributed by atoms with E-state index >= 15 is 0 Å². The van der Waals surface area contributed by atoms with Gasteiger partial charge < -0.3 is 14.7 Å². The molecule has 1 N–H and O–H groups in total. The van der Waals surface area contributed by atoms with Crippen molar-refractivity contribution in [2.75, 3.05) is 30.9 Å². The van der Waals surface area contributed by atoms with Gasteiger partial charge in [0.2, 0.25) is 0 Å². The molecule has 1 saturated heterocycles. The second-order valence-corrected chi connectivity index (χ2v) is 6.26. The molecular weight excluding hydrogens is 286 g/mol. The van der Waals surface area contributed by atoms with E-state index in [2.05, 4.69) is 14.9 Å². The van der Waals surface area contributed by atoms with Gasteiger partial charge in [-0.3, -0.25) is 0 Å². The Balaban J connectivity index is 2.27. The maximum absolute atomic E-state index is 9.33. The average molecular weight is 304 g/mol. The first kappa shape index (κ1) is 14.8. The molecule has 1 unspecified atom stereocenters. The monoisotopic (exact) mass is 303 g/mol. The third-order valence-electron chi connectivity index (χ3n) is 2.85. The lowest BCUT2D eigenvalue weighted by Crippen LogP contribution is -2.54. The minimum atomic E-state index is -0.331. The van der Waals surface area contributed by atoms with Crippen LogP contribution >= 0.6 is 23.4 Å². The van der Waals surface area contributed by atoms with E-state index in [0.29, 0.717) is 23.4 Å². The van der Waals surface area contributed by atoms with Crippen molar-refractivity contribution in [3.8, 4) is 0 Å². The van der Waals surface area contributed by atoms with Crippen LogP contribution in [0.3, 0.4) is 0 Å². The van der Waals surface area contributed by atoms with Crippen LogP contribution in [0.4, 0.5) is 5.82 Å². The van der Waals surface area contributed by atoms with Crippen molar-refractivity contribution in [3.63, 3.8) is 0 Å². The van der Waals surface area contributed by atoms with Crippen molar-refractivity contribution >= 4 is 29.2 Å². The minimum Gasteiger partial charge on any atom is -0.394 e. The molecule has 1 aromatic rings. The molecule has 106 valence electrons. The highest BCUT2D eigenvalue weighted by Crippen LogP contribution is 2.27. The SMILES string of the molecule is CSc1nc(Cl)cc(N2CC(CO)OC(C)(C)C2)n1. The Bertz CT molecular complexity index is 459. The minimum absolute atomic E-state index is 0.00582. The highest BCUT2D eigenvalue weighted by Gasteiger charge is 2.33. The van der Waals surface area contributed by atoms with E-state index in [1.54, 1.807) is 6.07 Å². The predicted octanol–water partition coefficient (Wildman–Crippen LogP) is 1.83. The van der Waals surface area contributed by atoms with Crippen molar-refractivity contribution in [2.24, 2.45) is 0 Å². The number of halogens is 1. The van der Waals surface area contributed by atoms with Gasteiger partial charge in [0.25, 0.3) is 0 Å². The van der Waals surface area contributed by atoms with Crippen molar-refractivity contribution in [2.45, 2.75) is 30.7 Å². The lowest BCUT2D eigenvalue weighted by Gasteiger charge is -2.42. The quantitative estimate of drug-likeness (QED) is 0.522. The second kappa shape index (κ2) is 5.83. The molecule has 1 fully saturated rings. The first-order chi connectivity index (χ1) is 8.93. The molecule has 1 aromatic heterocycles. The Labute approximate surface area is 122 Å². The second-order valence-electron chi connectivity index (χ2n) is 5.10. The van der Waals surface area contributed by atoms with E-state index in [1.165, 1.54) is 11.8 Å². The van der Waals surface area contributed by atoms with Gasteiger partial charge in [0.05, 0.1) is 18.3 Å². The number of aliphatic hydroxyl groups excluding tert-OH is 1. The van der Waals surface area contributed by atoms with Crippen molar-refractivity contribution < 1.29 is 9.84 Å². The number of hydrogen-bond donors (Lipinski definition) is 1. The average Bonchev–Trinajstić information content (AvgIpc) is 2.36. The van der Waals surface area contributed by atoms with Gasteiger partial charge in [0.15, 0.2) is 5.16 Å². The van der Waals surface area contributed by atoms with Crippen LogP contribution in [-0.4, -0.2) is 52.7 Å². The summed E-state index contributed by atoms with van der Waals surface area (Å²) in [7, 11) is 0. The van der Waals surface area contributed by atoms with Crippen molar-refractivity contribution in [1.29, 1.82) is 0 Å². The summed E-state index contributed by atoms with van der Waals surface area (Å²) in [6.45, 7) is 5.29. The number of rotatable bonds is 3. The molecule has 5 nitrogen and oxygen atoms in total. The third kappa shape index (κ3) is 3.72. The molecule has 2 rings (SSSR count). The van der Waals surface area contributed by atoms with Crippen molar-refractivity contribution in [3.05, 3.63) is 11.2 Å². The molecule has 0 aromatic carbocycles. The van der Waals surface area contributed by atoms with Crippen LogP contribution < -0.4 is 4.90 Å². The topological polar surface area (TPSA) is 58.5 Å². The normalized spacial score (nSPS) is 22.6. The largest absolute Gasteiger partial charge is 0.394 e. The van der Waals surface area contributed by atoms with Gasteiger partial charge >= 0.3 is 0 Å². The van der Waals surface area contributed by atoms with Crippen LogP contribution in [-0.2, 0) is 4.74 Å². The van der Waals surface area contributed by atoms with Gasteiger partial charge in [-0.1, -0.05) is 23.4 Å². The zero-order valence-corrected chi connectivity index (χ0v) is 12.8. The van der Waals surface area contributed by atoms with Gasteiger partial charge in [-0.15, -0.1) is 0 Å². The maximum Gasteiger partial charge on any atom is 0.190 e. The zero-order valence-electron chi connectivity index (χ0n) is 11.3. The van der Waals surface area contributed by atoms with E-state index in [9.17, 15) is 5.11 Å². The Morgan fingerprint density at radius 1 is 1.58 bits per heavy atom. The fraction of sp³-hybridized carbons (Fsp3) is 0.667. The Kier molecular flexibility index (Phi) is 4.55. The summed E-state index contributed by atoms with van der Waals surface area (Å²) in [5.74, 6) is 0.777. The number of aromatic nitrogens is 2. The molecule has 1 aliphatic heterocycles. The first-order valence-electron chi connectivity index (χ1n) is 6.06. The summed E-state index contributed by atoms with van der Waals surface area (Å²) in [5, 5.41) is 10.4. The number of ether oxygens (including phenoxy) is 1. The summed E-state index contributed by atoms with van der Waals surface area (Å²) in [4.78, 5) is 10.7. The molecule has 0 bridgehead atoms. The van der Waals surface area contributed by atoms with E-state index in [1.807, 2.05) is 20.1 Å². The predicted molar refractivity (Wildman–Crippen MR) is 77.1 cm³/mol. The maximum atomic E-state index is 9.33. The van der Waals surface area contributed by atoms with Gasteiger partial charge in [0, 0.05) is 19.2 Å². The number of thioether (sulfide) groups is 1. The summed E-state index contributed by atoms with van der Waals surface area (Å²) >= 11 is 7.47. The van der Waals surface area contributed by atoms with E-state index < -0.39 is 0 Å². The molecule has 0 radical (unpaired) electrons. The Morgan fingerprint density at radius 3 is 2.95 bits per heavy atom. The molecule has 0 aliphatic carbocycles. The van der Waals surface area contributed by atoms with Crippen LogP contribution in [0.5, 0.6) is 0 Å². The molecule has 19 heavy (non-hydrogen) atoms. The van der Waals surface area contributed by atoms with E-state index in [-0.39, 0.29) is 18.3 Å². The van der Waals surface area contributed by atoms with Gasteiger partial charge in [-0.2, -0.15) is 0 Å². The number of morpholine rings is 1. The Hall–Kier alpha value is -0.560. The van der Waals surface area contributed by atoms with E-state index in [4.69, 9.17) is 16.3 Å². The standard InChI is InChI=1S/C12H18ClN3O2S/c1-12(2)7-16(5-8(6-17)18-12)10-4-9(13)14-11(15-10)19-3/h4,8,17H,5-7H2,1-3H3. The highest BCUT2D eigenvalue weighted by atomic mass is 35.5. The molecule has 7 heteroatoms. The first-order valence-corrected chi connectivity index (χ1v) is 7.66. The smallest absolute Gasteiger partial charge is 0.190 e. The van der Waals surface area contributed by atoms with Gasteiger partial charge in [0.1, 0.15) is 11.0 Å². The van der Waals surface area contributed by atoms with E-state index in [0.717, 1.165) is 5.82 Å². The lowest BCUT2D eigenvalue weighted by molar-refractivity contribution is -0.101. The van der Waals surface area contributed by atoms with Gasteiger partial charge in [-0.05, 0) is 20.1 Å². The summed E-state index contributed by atoms with van der Waals surface area (Å²) in [5.41, 5.74) is -0.331. The fourth-order valence-electron chi connectivity index (χ4n) is 2.20. The van der Waals surface area contributed by atoms with Crippen LogP contribution in [0.25, 0.3) is 0 Å². The molecule has 2 heterocycles. The highest BCUT2D eigenvalue weighted by molar-refractivity contribution is 7.98. The third-order valence-corrected chi connectivity index (χ3v) is 3.59. The Morgan fingerprint density at radius 2 is 2.32 bits per heavy atom. The molecular formula is C12H18ClN3O2S. The fourth-order valence-corrected chi connectivity index (χ4v) is 2.81. The number of hydrogen-bond acceptors (Lipinski definition) is 6. The van der Waals surface area contributed by atoms with Crippen LogP contribution in [0.2, 0.25) is 5.15 Å². The molecule has 0 spiro atoms. The molecule has 0 amide bonds. The summed E-state index contributed by atoms with van der Waals surface area (Å²) < 4.78 is 5.79.